The summed E-state index contributed by atoms with van der Waals surface area (Å²) in [5, 5.41) is 3.32. The number of hydrogen-bond acceptors (Lipinski definition) is 3. The quantitative estimate of drug-likeness (QED) is 0.837. The van der Waals surface area contributed by atoms with Gasteiger partial charge in [0.1, 0.15) is 0 Å². The molecule has 1 N–H and O–H groups in total. The molecule has 7 heteroatoms. The zero-order valence-electron chi connectivity index (χ0n) is 14.4. The predicted octanol–water partition coefficient (Wildman–Crippen LogP) is 3.15. The Balaban J connectivity index is 2.04. The minimum atomic E-state index is -3.71. The van der Waals surface area contributed by atoms with Crippen LogP contribution in [0.5, 0.6) is 0 Å². The number of halogens is 1. The molecule has 0 saturated carbocycles. The number of nitrogens with one attached hydrogen (secondary N) is 1. The Hall–Kier alpha value is -1.89. The van der Waals surface area contributed by atoms with Gasteiger partial charge < -0.3 is 5.32 Å². The van der Waals surface area contributed by atoms with Crippen LogP contribution in [0, 0.1) is 6.92 Å². The molecule has 1 atom stereocenters. The Morgan fingerprint density at radius 3 is 2.36 bits per heavy atom. The van der Waals surface area contributed by atoms with E-state index < -0.39 is 15.9 Å². The molecule has 1 amide bonds. The second kappa shape index (κ2) is 7.99. The van der Waals surface area contributed by atoms with Crippen LogP contribution < -0.4 is 5.32 Å². The van der Waals surface area contributed by atoms with Crippen molar-refractivity contribution in [2.24, 2.45) is 0 Å². The van der Waals surface area contributed by atoms with Crippen LogP contribution in [0.15, 0.2) is 53.4 Å². The Morgan fingerprint density at radius 1 is 1.16 bits per heavy atom. The Morgan fingerprint density at radius 2 is 1.76 bits per heavy atom. The molecule has 0 radical (unpaired) electrons. The lowest BCUT2D eigenvalue weighted by molar-refractivity contribution is -0.121. The average molecular weight is 381 g/mol. The van der Waals surface area contributed by atoms with Crippen molar-refractivity contribution in [3.63, 3.8) is 0 Å². The van der Waals surface area contributed by atoms with Crippen LogP contribution in [-0.2, 0) is 14.8 Å². The molecule has 2 aromatic rings. The van der Waals surface area contributed by atoms with Crippen molar-refractivity contribution in [3.8, 4) is 0 Å². The SMILES string of the molecule is Cc1ccc(S(=O)(=O)N(C)CC(=O)NC(C)c2ccccc2Cl)cc1. The predicted molar refractivity (Wildman–Crippen MR) is 99.0 cm³/mol. The highest BCUT2D eigenvalue weighted by atomic mass is 35.5. The van der Waals surface area contributed by atoms with Crippen LogP contribution in [0.2, 0.25) is 5.02 Å². The molecule has 0 aliphatic rings. The van der Waals surface area contributed by atoms with Gasteiger partial charge in [0.05, 0.1) is 17.5 Å². The number of carbonyl (C=O) groups is 1. The third-order valence-electron chi connectivity index (χ3n) is 3.84. The van der Waals surface area contributed by atoms with Gasteiger partial charge in [0.25, 0.3) is 0 Å². The molecular formula is C18H21ClN2O3S. The lowest BCUT2D eigenvalue weighted by Gasteiger charge is -2.20. The second-order valence-corrected chi connectivity index (χ2v) is 8.34. The van der Waals surface area contributed by atoms with E-state index in [1.165, 1.54) is 19.2 Å². The van der Waals surface area contributed by atoms with Gasteiger partial charge in [-0.25, -0.2) is 8.42 Å². The highest BCUT2D eigenvalue weighted by Gasteiger charge is 2.23. The topological polar surface area (TPSA) is 66.5 Å². The van der Waals surface area contributed by atoms with Crippen LogP contribution in [0.3, 0.4) is 0 Å². The van der Waals surface area contributed by atoms with Crippen molar-refractivity contribution in [1.29, 1.82) is 0 Å². The summed E-state index contributed by atoms with van der Waals surface area (Å²) in [4.78, 5) is 12.4. The minimum Gasteiger partial charge on any atom is -0.348 e. The van der Waals surface area contributed by atoms with Crippen molar-refractivity contribution >= 4 is 27.5 Å². The molecule has 0 aliphatic carbocycles. The lowest BCUT2D eigenvalue weighted by Crippen LogP contribution is -2.39. The van der Waals surface area contributed by atoms with Crippen LogP contribution in [0.1, 0.15) is 24.1 Å². The Labute approximate surface area is 153 Å². The highest BCUT2D eigenvalue weighted by Crippen LogP contribution is 2.22. The summed E-state index contributed by atoms with van der Waals surface area (Å²) >= 11 is 6.12. The van der Waals surface area contributed by atoms with Crippen LogP contribution in [0.25, 0.3) is 0 Å². The molecule has 0 aliphatic heterocycles. The van der Waals surface area contributed by atoms with Gasteiger partial charge >= 0.3 is 0 Å². The van der Waals surface area contributed by atoms with E-state index in [1.807, 2.05) is 25.1 Å². The average Bonchev–Trinajstić information content (AvgIpc) is 2.55. The van der Waals surface area contributed by atoms with Crippen LogP contribution >= 0.6 is 11.6 Å². The third kappa shape index (κ3) is 4.81. The highest BCUT2D eigenvalue weighted by molar-refractivity contribution is 7.89. The zero-order valence-corrected chi connectivity index (χ0v) is 15.9. The molecule has 0 bridgehead atoms. The summed E-state index contributed by atoms with van der Waals surface area (Å²) in [6.07, 6.45) is 0. The maximum absolute atomic E-state index is 12.5. The first kappa shape index (κ1) is 19.4. The summed E-state index contributed by atoms with van der Waals surface area (Å²) in [7, 11) is -2.33. The smallest absolute Gasteiger partial charge is 0.243 e. The number of benzene rings is 2. The van der Waals surface area contributed by atoms with Crippen molar-refractivity contribution < 1.29 is 13.2 Å². The molecule has 2 aromatic carbocycles. The van der Waals surface area contributed by atoms with Gasteiger partial charge in [-0.1, -0.05) is 47.5 Å². The molecule has 1 unspecified atom stereocenters. The number of likely N-dealkylation sites (N-methyl/N-ethyl adjacent to an activating group) is 1. The molecule has 25 heavy (non-hydrogen) atoms. The second-order valence-electron chi connectivity index (χ2n) is 5.88. The van der Waals surface area contributed by atoms with Crippen molar-refractivity contribution in [3.05, 3.63) is 64.7 Å². The Kier molecular flexibility index (Phi) is 6.21. The normalized spacial score (nSPS) is 12.8. The van der Waals surface area contributed by atoms with Gasteiger partial charge in [-0.15, -0.1) is 0 Å². The summed E-state index contributed by atoms with van der Waals surface area (Å²) in [6.45, 7) is 3.41. The van der Waals surface area contributed by atoms with Crippen molar-refractivity contribution in [2.45, 2.75) is 24.8 Å². The van der Waals surface area contributed by atoms with Gasteiger partial charge in [-0.05, 0) is 37.6 Å². The molecule has 0 aromatic heterocycles. The summed E-state index contributed by atoms with van der Waals surface area (Å²) in [5.41, 5.74) is 1.74. The molecule has 0 fully saturated rings. The van der Waals surface area contributed by atoms with Gasteiger partial charge in [-0.2, -0.15) is 4.31 Å². The lowest BCUT2D eigenvalue weighted by atomic mass is 10.1. The third-order valence-corrected chi connectivity index (χ3v) is 6.01. The molecular weight excluding hydrogens is 360 g/mol. The largest absolute Gasteiger partial charge is 0.348 e. The van der Waals surface area contributed by atoms with E-state index in [-0.39, 0.29) is 17.5 Å². The number of nitrogens with zero attached hydrogens (tertiary/aromatic N) is 1. The van der Waals surface area contributed by atoms with Gasteiger partial charge in [0.15, 0.2) is 0 Å². The standard InChI is InChI=1S/C18H21ClN2O3S/c1-13-8-10-15(11-9-13)25(23,24)21(3)12-18(22)20-14(2)16-6-4-5-7-17(16)19/h4-11,14H,12H2,1-3H3,(H,20,22). The summed E-state index contributed by atoms with van der Waals surface area (Å²) in [6, 6.07) is 13.4. The fraction of sp³-hybridized carbons (Fsp3) is 0.278. The number of rotatable bonds is 6. The van der Waals surface area contributed by atoms with Crippen LogP contribution in [0.4, 0.5) is 0 Å². The fourth-order valence-corrected chi connectivity index (χ4v) is 3.80. The van der Waals surface area contributed by atoms with E-state index in [9.17, 15) is 13.2 Å². The number of sulfonamides is 1. The number of amides is 1. The van der Waals surface area contributed by atoms with E-state index in [4.69, 9.17) is 11.6 Å². The zero-order chi connectivity index (χ0) is 18.6. The summed E-state index contributed by atoms with van der Waals surface area (Å²) < 4.78 is 26.1. The molecule has 0 saturated heterocycles. The molecule has 0 spiro atoms. The maximum Gasteiger partial charge on any atom is 0.243 e. The first-order valence-electron chi connectivity index (χ1n) is 7.78. The number of aryl methyl sites for hydroxylation is 1. The van der Waals surface area contributed by atoms with E-state index in [0.29, 0.717) is 5.02 Å². The van der Waals surface area contributed by atoms with Gasteiger partial charge in [0, 0.05) is 12.1 Å². The van der Waals surface area contributed by atoms with Gasteiger partial charge in [-0.3, -0.25) is 4.79 Å². The first-order chi connectivity index (χ1) is 11.7. The molecule has 0 heterocycles. The Bertz CT molecular complexity index is 851. The summed E-state index contributed by atoms with van der Waals surface area (Å²) in [5.74, 6) is -0.398. The van der Waals surface area contributed by atoms with E-state index in [0.717, 1.165) is 15.4 Å². The van der Waals surface area contributed by atoms with E-state index in [1.54, 1.807) is 25.1 Å². The molecule has 134 valence electrons. The van der Waals surface area contributed by atoms with E-state index in [2.05, 4.69) is 5.32 Å². The van der Waals surface area contributed by atoms with E-state index >= 15 is 0 Å². The fourth-order valence-electron chi connectivity index (χ4n) is 2.37. The van der Waals surface area contributed by atoms with Crippen LogP contribution in [-0.4, -0.2) is 32.2 Å². The monoisotopic (exact) mass is 380 g/mol. The number of carbonyl (C=O) groups excluding carboxylic acids is 1. The van der Waals surface area contributed by atoms with Gasteiger partial charge in [0.2, 0.25) is 15.9 Å². The number of hydrogen-bond donors (Lipinski definition) is 1. The van der Waals surface area contributed by atoms with Crippen molar-refractivity contribution in [1.82, 2.24) is 9.62 Å². The minimum absolute atomic E-state index is 0.160. The first-order valence-corrected chi connectivity index (χ1v) is 9.60. The van der Waals surface area contributed by atoms with Crippen molar-refractivity contribution in [2.75, 3.05) is 13.6 Å². The molecule has 5 nitrogen and oxygen atoms in total. The maximum atomic E-state index is 12.5. The molecule has 2 rings (SSSR count).